The Bertz CT molecular complexity index is 1200. The van der Waals surface area contributed by atoms with Crippen molar-refractivity contribution in [3.63, 3.8) is 0 Å². The third-order valence-corrected chi connectivity index (χ3v) is 6.03. The summed E-state index contributed by atoms with van der Waals surface area (Å²) in [5, 5.41) is 3.63. The Hall–Kier alpha value is -3.44. The Morgan fingerprint density at radius 3 is 2.58 bits per heavy atom. The molecule has 31 heavy (non-hydrogen) atoms. The van der Waals surface area contributed by atoms with Crippen LogP contribution in [0.5, 0.6) is 17.2 Å². The van der Waals surface area contributed by atoms with Gasteiger partial charge in [0, 0.05) is 22.9 Å². The van der Waals surface area contributed by atoms with Crippen molar-refractivity contribution in [2.24, 2.45) is 0 Å². The minimum absolute atomic E-state index is 0.199. The molecule has 5 rings (SSSR count). The smallest absolute Gasteiger partial charge is 0.161 e. The molecule has 5 nitrogen and oxygen atoms in total. The van der Waals surface area contributed by atoms with E-state index in [1.54, 1.807) is 14.2 Å². The molecule has 1 aromatic heterocycles. The summed E-state index contributed by atoms with van der Waals surface area (Å²) in [6.45, 7) is 1.61. The maximum Gasteiger partial charge on any atom is 0.161 e. The number of rotatable bonds is 6. The second kappa shape index (κ2) is 8.36. The van der Waals surface area contributed by atoms with Gasteiger partial charge in [-0.05, 0) is 47.5 Å². The minimum Gasteiger partial charge on any atom is -0.493 e. The average molecular weight is 416 g/mol. The van der Waals surface area contributed by atoms with Gasteiger partial charge in [0.1, 0.15) is 12.4 Å². The van der Waals surface area contributed by atoms with Crippen LogP contribution in [-0.4, -0.2) is 25.7 Å². The summed E-state index contributed by atoms with van der Waals surface area (Å²) in [5.41, 5.74) is 6.15. The molecule has 0 unspecified atom stereocenters. The molecule has 0 amide bonds. The number of benzene rings is 3. The van der Waals surface area contributed by atoms with Gasteiger partial charge in [-0.1, -0.05) is 30.3 Å². The molecule has 0 saturated heterocycles. The van der Waals surface area contributed by atoms with E-state index in [4.69, 9.17) is 14.2 Å². The number of H-pyrrole nitrogens is 1. The summed E-state index contributed by atoms with van der Waals surface area (Å²) in [6.07, 6.45) is 1.03. The van der Waals surface area contributed by atoms with Gasteiger partial charge in [0.25, 0.3) is 0 Å². The number of methoxy groups -OCH3 is 2. The lowest BCUT2D eigenvalue weighted by Gasteiger charge is -2.22. The molecule has 1 aliphatic rings. The molecular weight excluding hydrogens is 388 g/mol. The first kappa shape index (κ1) is 19.5. The van der Waals surface area contributed by atoms with Gasteiger partial charge in [-0.2, -0.15) is 0 Å². The monoisotopic (exact) mass is 415 g/mol. The van der Waals surface area contributed by atoms with Crippen LogP contribution >= 0.6 is 0 Å². The molecule has 0 aliphatic carbocycles. The van der Waals surface area contributed by atoms with E-state index in [0.29, 0.717) is 6.61 Å². The molecule has 3 N–H and O–H groups in total. The largest absolute Gasteiger partial charge is 0.493 e. The second-order valence-corrected chi connectivity index (χ2v) is 7.87. The number of nitrogens with one attached hydrogen (secondary N) is 1. The van der Waals surface area contributed by atoms with Gasteiger partial charge in [0.2, 0.25) is 0 Å². The van der Waals surface area contributed by atoms with Crippen LogP contribution in [-0.2, 0) is 13.0 Å². The highest BCUT2D eigenvalue weighted by Gasteiger charge is 2.29. The van der Waals surface area contributed by atoms with Gasteiger partial charge >= 0.3 is 0 Å². The average Bonchev–Trinajstić information content (AvgIpc) is 3.21. The Morgan fingerprint density at radius 1 is 0.935 bits per heavy atom. The van der Waals surface area contributed by atoms with Crippen molar-refractivity contribution in [2.45, 2.75) is 19.1 Å². The molecule has 158 valence electrons. The first-order chi connectivity index (χ1) is 15.3. The number of hydrogen-bond acceptors (Lipinski definition) is 3. The number of aromatic nitrogens is 1. The van der Waals surface area contributed by atoms with Crippen LogP contribution < -0.4 is 19.5 Å². The van der Waals surface area contributed by atoms with E-state index in [0.717, 1.165) is 35.7 Å². The zero-order valence-corrected chi connectivity index (χ0v) is 17.9. The predicted molar refractivity (Wildman–Crippen MR) is 121 cm³/mol. The summed E-state index contributed by atoms with van der Waals surface area (Å²) >= 11 is 0. The van der Waals surface area contributed by atoms with Gasteiger partial charge < -0.3 is 24.5 Å². The van der Waals surface area contributed by atoms with E-state index in [2.05, 4.69) is 46.7 Å². The molecule has 2 heterocycles. The molecule has 5 heteroatoms. The topological polar surface area (TPSA) is 60.1 Å². The lowest BCUT2D eigenvalue weighted by Crippen LogP contribution is -2.87. The lowest BCUT2D eigenvalue weighted by atomic mass is 9.94. The normalized spacial score (nSPS) is 15.5. The molecular formula is C26H27N2O3+. The maximum atomic E-state index is 6.08. The van der Waals surface area contributed by atoms with Crippen molar-refractivity contribution in [3.05, 3.63) is 89.1 Å². The van der Waals surface area contributed by atoms with Gasteiger partial charge in [-0.3, -0.25) is 0 Å². The zero-order valence-electron chi connectivity index (χ0n) is 17.9. The first-order valence-corrected chi connectivity index (χ1v) is 10.6. The van der Waals surface area contributed by atoms with Crippen molar-refractivity contribution in [1.29, 1.82) is 0 Å². The van der Waals surface area contributed by atoms with Crippen LogP contribution in [0.4, 0.5) is 0 Å². The van der Waals surface area contributed by atoms with Crippen LogP contribution in [0, 0.1) is 0 Å². The summed E-state index contributed by atoms with van der Waals surface area (Å²) < 4.78 is 17.0. The van der Waals surface area contributed by atoms with Crippen molar-refractivity contribution < 1.29 is 19.5 Å². The van der Waals surface area contributed by atoms with Crippen molar-refractivity contribution >= 4 is 10.9 Å². The Kier molecular flexibility index (Phi) is 5.26. The van der Waals surface area contributed by atoms with Crippen LogP contribution in [0.25, 0.3) is 10.9 Å². The SMILES string of the molecule is COc1ccc([C@@H]2[NH2+]CCc3c2[nH]c2ccc(OCc4ccccc4)cc32)cc1OC. The number of aromatic amines is 1. The fourth-order valence-electron chi connectivity index (χ4n) is 4.47. The van der Waals surface area contributed by atoms with E-state index in [9.17, 15) is 0 Å². The first-order valence-electron chi connectivity index (χ1n) is 10.6. The van der Waals surface area contributed by atoms with E-state index in [-0.39, 0.29) is 6.04 Å². The highest BCUT2D eigenvalue weighted by Crippen LogP contribution is 2.35. The van der Waals surface area contributed by atoms with E-state index < -0.39 is 0 Å². The molecule has 3 aromatic carbocycles. The molecule has 0 spiro atoms. The minimum atomic E-state index is 0.199. The zero-order chi connectivity index (χ0) is 21.2. The van der Waals surface area contributed by atoms with E-state index in [1.807, 2.05) is 30.3 Å². The summed E-state index contributed by atoms with van der Waals surface area (Å²) in [6, 6.07) is 23.0. The molecule has 0 bridgehead atoms. The summed E-state index contributed by atoms with van der Waals surface area (Å²) in [4.78, 5) is 3.67. The Morgan fingerprint density at radius 2 is 1.77 bits per heavy atom. The highest BCUT2D eigenvalue weighted by atomic mass is 16.5. The maximum absolute atomic E-state index is 6.08. The Labute approximate surface area is 182 Å². The van der Waals surface area contributed by atoms with Crippen molar-refractivity contribution in [1.82, 2.24) is 4.98 Å². The molecule has 0 saturated carbocycles. The molecule has 1 atom stereocenters. The molecule has 4 aromatic rings. The summed E-state index contributed by atoms with van der Waals surface area (Å²) in [7, 11) is 3.34. The molecule has 0 fully saturated rings. The van der Waals surface area contributed by atoms with Gasteiger partial charge in [-0.25, -0.2) is 0 Å². The number of quaternary nitrogens is 1. The van der Waals surface area contributed by atoms with Crippen LogP contribution in [0.1, 0.15) is 28.4 Å². The Balaban J connectivity index is 1.47. The van der Waals surface area contributed by atoms with Crippen molar-refractivity contribution in [2.75, 3.05) is 20.8 Å². The summed E-state index contributed by atoms with van der Waals surface area (Å²) in [5.74, 6) is 2.41. The predicted octanol–water partition coefficient (Wildman–Crippen LogP) is 3.97. The van der Waals surface area contributed by atoms with Gasteiger partial charge in [0.05, 0.1) is 26.5 Å². The number of fused-ring (bicyclic) bond motifs is 3. The number of nitrogens with two attached hydrogens (primary N) is 1. The van der Waals surface area contributed by atoms with Crippen LogP contribution in [0.2, 0.25) is 0 Å². The number of hydrogen-bond donors (Lipinski definition) is 2. The van der Waals surface area contributed by atoms with Crippen LogP contribution in [0.3, 0.4) is 0 Å². The quantitative estimate of drug-likeness (QED) is 0.501. The highest BCUT2D eigenvalue weighted by molar-refractivity contribution is 5.86. The van der Waals surface area contributed by atoms with E-state index in [1.165, 1.54) is 27.8 Å². The second-order valence-electron chi connectivity index (χ2n) is 7.87. The molecule has 1 aliphatic heterocycles. The van der Waals surface area contributed by atoms with E-state index >= 15 is 0 Å². The third kappa shape index (κ3) is 3.73. The molecule has 0 radical (unpaired) electrons. The fourth-order valence-corrected chi connectivity index (χ4v) is 4.47. The lowest BCUT2D eigenvalue weighted by molar-refractivity contribution is -0.690. The third-order valence-electron chi connectivity index (χ3n) is 6.03. The van der Waals surface area contributed by atoms with Gasteiger partial charge in [0.15, 0.2) is 17.5 Å². The fraction of sp³-hybridized carbons (Fsp3) is 0.231. The number of ether oxygens (including phenoxy) is 3. The van der Waals surface area contributed by atoms with Crippen LogP contribution in [0.15, 0.2) is 66.7 Å². The van der Waals surface area contributed by atoms with Crippen molar-refractivity contribution in [3.8, 4) is 17.2 Å². The standard InChI is InChI=1S/C26H26N2O3/c1-29-23-11-8-18(14-24(23)30-2)25-26-20(12-13-27-25)21-15-19(9-10-22(21)28-26)31-16-17-6-4-3-5-7-17/h3-11,14-15,25,27-28H,12-13,16H2,1-2H3/p+1/t25-/m0/s1. The van der Waals surface area contributed by atoms with Gasteiger partial charge in [-0.15, -0.1) is 0 Å².